The molecule has 56 heavy (non-hydrogen) atoms. The largest absolute Gasteiger partial charge is 0.491 e. The Labute approximate surface area is 322 Å². The minimum Gasteiger partial charge on any atom is -0.491 e. The van der Waals surface area contributed by atoms with Crippen LogP contribution in [0.25, 0.3) is 21.5 Å². The van der Waals surface area contributed by atoms with Gasteiger partial charge >= 0.3 is 5.91 Å². The molecule has 292 valence electrons. The van der Waals surface area contributed by atoms with E-state index in [1.807, 2.05) is 13.8 Å². The second-order valence-electron chi connectivity index (χ2n) is 12.3. The number of nitrogens with two attached hydrogens (primary N) is 2. The van der Waals surface area contributed by atoms with Crippen molar-refractivity contribution < 1.29 is 37.5 Å². The summed E-state index contributed by atoms with van der Waals surface area (Å²) in [4.78, 5) is 78.0. The second-order valence-corrected chi connectivity index (χ2v) is 13.2. The molecule has 0 unspecified atom stereocenters. The molecule has 6 rings (SSSR count). The van der Waals surface area contributed by atoms with Crippen LogP contribution in [0.3, 0.4) is 0 Å². The standard InChI is InChI=1S/C36H39N11O8S/c1-6-21-27(54-18(3)40-21)32(50)44-35-43-23-15-20(29(37)48)16-25(53-14-10-13-52-5)26(23)46(35)11-8-9-12-47-31-34(42-24(17-39-31)30(38)49)56-36(47)45-33(51)28-22(7-2)41-19(4)55-28/h8-9,15-17H,6-7,10-14H2,1-5H3,(H2,37,48)(H2,38,49)(H,43,44,50)/b9-8+,45-36-. The molecule has 19 nitrogen and oxygen atoms in total. The average molecular weight is 786 g/mol. The summed E-state index contributed by atoms with van der Waals surface area (Å²) in [5.74, 6) is -1.48. The Morgan fingerprint density at radius 1 is 0.911 bits per heavy atom. The third-order valence-corrected chi connectivity index (χ3v) is 9.30. The Morgan fingerprint density at radius 2 is 1.59 bits per heavy atom. The van der Waals surface area contributed by atoms with Crippen molar-refractivity contribution >= 4 is 62.4 Å². The van der Waals surface area contributed by atoms with Gasteiger partial charge in [0.25, 0.3) is 11.8 Å². The molecule has 5 N–H and O–H groups in total. The number of hydrogen-bond acceptors (Lipinski definition) is 14. The van der Waals surface area contributed by atoms with Crippen molar-refractivity contribution in [3.05, 3.63) is 81.2 Å². The minimum atomic E-state index is -0.761. The molecule has 0 bridgehead atoms. The van der Waals surface area contributed by atoms with Gasteiger partial charge in [0, 0.05) is 52.6 Å². The number of carbonyl (C=O) groups excluding carboxylic acids is 4. The van der Waals surface area contributed by atoms with E-state index >= 15 is 0 Å². The molecule has 5 heterocycles. The molecule has 0 fully saturated rings. The van der Waals surface area contributed by atoms with E-state index in [2.05, 4.69) is 35.2 Å². The molecule has 0 aliphatic heterocycles. The number of oxazole rings is 2. The van der Waals surface area contributed by atoms with Crippen LogP contribution in [0.15, 0.2) is 44.3 Å². The predicted octanol–water partition coefficient (Wildman–Crippen LogP) is 3.42. The Kier molecular flexibility index (Phi) is 11.8. The number of nitrogens with one attached hydrogen (secondary N) is 1. The van der Waals surface area contributed by atoms with Crippen LogP contribution in [0, 0.1) is 13.8 Å². The number of methoxy groups -OCH3 is 1. The lowest BCUT2D eigenvalue weighted by atomic mass is 10.1. The molecule has 0 saturated heterocycles. The number of ether oxygens (including phenoxy) is 2. The molecule has 1 aromatic carbocycles. The Morgan fingerprint density at radius 3 is 2.25 bits per heavy atom. The van der Waals surface area contributed by atoms with E-state index < -0.39 is 23.6 Å². The molecular formula is C36H39N11O8S. The van der Waals surface area contributed by atoms with Gasteiger partial charge < -0.3 is 34.3 Å². The maximum atomic E-state index is 13.6. The summed E-state index contributed by atoms with van der Waals surface area (Å²) < 4.78 is 25.8. The normalized spacial score (nSPS) is 12.0. The number of rotatable bonds is 16. The Bertz CT molecular complexity index is 2580. The molecule has 0 spiro atoms. The Hall–Kier alpha value is -6.54. The van der Waals surface area contributed by atoms with Crippen molar-refractivity contribution in [3.8, 4) is 5.75 Å². The Balaban J connectivity index is 1.40. The van der Waals surface area contributed by atoms with Gasteiger partial charge in [0.2, 0.25) is 23.4 Å². The highest BCUT2D eigenvalue weighted by molar-refractivity contribution is 7.15. The summed E-state index contributed by atoms with van der Waals surface area (Å²) in [5, 5.41) is 2.83. The van der Waals surface area contributed by atoms with E-state index in [0.29, 0.717) is 76.3 Å². The van der Waals surface area contributed by atoms with Gasteiger partial charge in [-0.1, -0.05) is 37.3 Å². The van der Waals surface area contributed by atoms with Crippen LogP contribution < -0.4 is 26.3 Å². The van der Waals surface area contributed by atoms with Gasteiger partial charge in [0.1, 0.15) is 17.0 Å². The van der Waals surface area contributed by atoms with Crippen LogP contribution in [0.4, 0.5) is 5.95 Å². The monoisotopic (exact) mass is 785 g/mol. The number of allylic oxidation sites excluding steroid dienone is 2. The molecule has 0 aliphatic rings. The highest BCUT2D eigenvalue weighted by Gasteiger charge is 2.24. The highest BCUT2D eigenvalue weighted by atomic mass is 32.1. The van der Waals surface area contributed by atoms with Gasteiger partial charge in [-0.15, -0.1) is 0 Å². The van der Waals surface area contributed by atoms with Crippen molar-refractivity contribution in [3.63, 3.8) is 0 Å². The fraction of sp³-hybridized carbons (Fsp3) is 0.333. The van der Waals surface area contributed by atoms with Crippen LogP contribution in [0.1, 0.15) is 85.4 Å². The molecule has 20 heteroatoms. The average Bonchev–Trinajstić information content (AvgIpc) is 3.93. The molecule has 0 saturated carbocycles. The number of thiazole rings is 1. The zero-order chi connectivity index (χ0) is 40.1. The molecule has 5 aromatic heterocycles. The van der Waals surface area contributed by atoms with Crippen LogP contribution in [-0.2, 0) is 30.7 Å². The van der Waals surface area contributed by atoms with Gasteiger partial charge in [0.05, 0.1) is 29.7 Å². The van der Waals surface area contributed by atoms with Gasteiger partial charge in [-0.3, -0.25) is 29.1 Å². The fourth-order valence-corrected chi connectivity index (χ4v) is 6.75. The lowest BCUT2D eigenvalue weighted by molar-refractivity contribution is 0.0965. The number of aryl methyl sites for hydroxylation is 4. The molecule has 0 aliphatic carbocycles. The smallest absolute Gasteiger partial charge is 0.317 e. The second kappa shape index (κ2) is 16.9. The fourth-order valence-electron chi connectivity index (χ4n) is 5.78. The lowest BCUT2D eigenvalue weighted by Crippen LogP contribution is -2.18. The van der Waals surface area contributed by atoms with E-state index in [4.69, 9.17) is 29.8 Å². The number of primary amides is 2. The maximum Gasteiger partial charge on any atom is 0.317 e. The summed E-state index contributed by atoms with van der Waals surface area (Å²) in [5.41, 5.74) is 13.4. The first-order valence-electron chi connectivity index (χ1n) is 17.5. The number of amides is 4. The van der Waals surface area contributed by atoms with Crippen molar-refractivity contribution in [2.75, 3.05) is 25.6 Å². The predicted molar refractivity (Wildman–Crippen MR) is 202 cm³/mol. The number of nitrogens with zero attached hydrogens (tertiary/aromatic N) is 8. The van der Waals surface area contributed by atoms with E-state index in [1.54, 1.807) is 42.2 Å². The van der Waals surface area contributed by atoms with Crippen molar-refractivity contribution in [1.82, 2.24) is 34.1 Å². The third kappa shape index (κ3) is 8.25. The van der Waals surface area contributed by atoms with Crippen LogP contribution in [0.5, 0.6) is 5.75 Å². The first-order chi connectivity index (χ1) is 26.9. The van der Waals surface area contributed by atoms with Crippen LogP contribution in [-0.4, -0.2) is 78.0 Å². The van der Waals surface area contributed by atoms with Gasteiger partial charge in [-0.25, -0.2) is 24.9 Å². The van der Waals surface area contributed by atoms with Crippen molar-refractivity contribution in [1.29, 1.82) is 0 Å². The number of fused-ring (bicyclic) bond motifs is 2. The lowest BCUT2D eigenvalue weighted by Gasteiger charge is -2.12. The molecule has 4 amide bonds. The van der Waals surface area contributed by atoms with Crippen LogP contribution >= 0.6 is 11.3 Å². The van der Waals surface area contributed by atoms with E-state index in [-0.39, 0.29) is 53.2 Å². The summed E-state index contributed by atoms with van der Waals surface area (Å²) >= 11 is 1.04. The number of aromatic nitrogens is 7. The third-order valence-electron chi connectivity index (χ3n) is 8.34. The van der Waals surface area contributed by atoms with E-state index in [9.17, 15) is 19.2 Å². The first-order valence-corrected chi connectivity index (χ1v) is 18.3. The summed E-state index contributed by atoms with van der Waals surface area (Å²) in [6.45, 7) is 7.98. The molecular weight excluding hydrogens is 747 g/mol. The zero-order valence-electron chi connectivity index (χ0n) is 31.2. The van der Waals surface area contributed by atoms with Crippen molar-refractivity contribution in [2.45, 2.75) is 60.0 Å². The molecule has 6 aromatic rings. The SMILES string of the molecule is CCc1nc(C)oc1C(=O)/N=c1\sc2nc(C(N)=O)cnc2n1C/C=C/Cn1c(NC(=O)c2oc(C)nc2CC)nc2cc(C(N)=O)cc(OCCCOC)c21. The molecule has 0 radical (unpaired) electrons. The quantitative estimate of drug-likeness (QED) is 0.0939. The number of hydrogen-bond donors (Lipinski definition) is 3. The van der Waals surface area contributed by atoms with E-state index in [0.717, 1.165) is 11.3 Å². The van der Waals surface area contributed by atoms with Crippen LogP contribution in [0.2, 0.25) is 0 Å². The highest BCUT2D eigenvalue weighted by Crippen LogP contribution is 2.32. The van der Waals surface area contributed by atoms with Gasteiger partial charge in [-0.2, -0.15) is 4.99 Å². The number of imidazole rings is 1. The minimum absolute atomic E-state index is 0.0242. The van der Waals surface area contributed by atoms with Crippen molar-refractivity contribution in [2.24, 2.45) is 16.5 Å². The summed E-state index contributed by atoms with van der Waals surface area (Å²) in [6.07, 6.45) is 6.31. The zero-order valence-corrected chi connectivity index (χ0v) is 32.1. The van der Waals surface area contributed by atoms with Gasteiger partial charge in [0.15, 0.2) is 27.1 Å². The molecule has 0 atom stereocenters. The number of carbonyl (C=O) groups is 4. The maximum absolute atomic E-state index is 13.6. The van der Waals surface area contributed by atoms with E-state index in [1.165, 1.54) is 18.3 Å². The van der Waals surface area contributed by atoms with Gasteiger partial charge in [-0.05, 0) is 25.0 Å². The summed E-state index contributed by atoms with van der Waals surface area (Å²) in [7, 11) is 1.58. The summed E-state index contributed by atoms with van der Waals surface area (Å²) in [6, 6.07) is 3.04. The first kappa shape index (κ1) is 39.2. The number of anilines is 1. The topological polar surface area (TPSA) is 264 Å². The number of benzene rings is 1.